The van der Waals surface area contributed by atoms with Gasteiger partial charge in [0.1, 0.15) is 11.2 Å². The lowest BCUT2D eigenvalue weighted by atomic mass is 9.89. The molecule has 1 aliphatic carbocycles. The highest BCUT2D eigenvalue weighted by Crippen LogP contribution is 2.46. The number of aliphatic imine (C=N–C) groups is 1. The SMILES string of the molecule is N/N=C(\N=C(c1ccc2ccc3ccccc3c2c1)C1C=CC=CC1)c1cccc2oc3cccc(-c4cccc5c4sc4c6ccccc6ccc54)c3c12. The summed E-state index contributed by atoms with van der Waals surface area (Å²) in [4.78, 5) is 5.41. The van der Waals surface area contributed by atoms with E-state index < -0.39 is 0 Å². The summed E-state index contributed by atoms with van der Waals surface area (Å²) >= 11 is 1.86. The van der Waals surface area contributed by atoms with Crippen LogP contribution in [0.2, 0.25) is 0 Å². The molecule has 0 saturated heterocycles. The van der Waals surface area contributed by atoms with Gasteiger partial charge in [0.05, 0.1) is 5.71 Å². The highest BCUT2D eigenvalue weighted by molar-refractivity contribution is 7.27. The van der Waals surface area contributed by atoms with Gasteiger partial charge in [-0.3, -0.25) is 0 Å². The molecule has 0 aliphatic heterocycles. The van der Waals surface area contributed by atoms with Crippen molar-refractivity contribution in [3.05, 3.63) is 181 Å². The van der Waals surface area contributed by atoms with Gasteiger partial charge in [-0.25, -0.2) is 4.99 Å². The van der Waals surface area contributed by atoms with Crippen molar-refractivity contribution in [3.63, 3.8) is 0 Å². The van der Waals surface area contributed by atoms with Crippen LogP contribution >= 0.6 is 11.3 Å². The second-order valence-corrected chi connectivity index (χ2v) is 15.3. The predicted molar refractivity (Wildman–Crippen MR) is 235 cm³/mol. The first-order valence-corrected chi connectivity index (χ1v) is 19.4. The van der Waals surface area contributed by atoms with Crippen LogP contribution in [-0.2, 0) is 0 Å². The molecule has 260 valence electrons. The molecule has 0 radical (unpaired) electrons. The molecule has 55 heavy (non-hydrogen) atoms. The molecule has 0 saturated carbocycles. The van der Waals surface area contributed by atoms with Crippen LogP contribution in [0.15, 0.2) is 184 Å². The van der Waals surface area contributed by atoms with Crippen LogP contribution < -0.4 is 5.84 Å². The molecule has 1 aliphatic rings. The number of hydrazone groups is 1. The molecule has 0 spiro atoms. The topological polar surface area (TPSA) is 63.9 Å². The van der Waals surface area contributed by atoms with Crippen LogP contribution in [0.25, 0.3) is 85.6 Å². The van der Waals surface area contributed by atoms with Crippen molar-refractivity contribution in [2.24, 2.45) is 21.9 Å². The third-order valence-corrected chi connectivity index (χ3v) is 12.5. The minimum Gasteiger partial charge on any atom is -0.456 e. The average Bonchev–Trinajstić information content (AvgIpc) is 3.84. The standard InChI is InChI=1S/C50H33N3OS/c51-53-50(52-47(33-13-2-1-3-14-33)34-26-25-32-24-23-30-11-4-6-15-35(30)42(32)29-34)41-20-10-22-44-46(41)45-37(17-9-21-43(45)54-44)38-18-8-19-39-40-28-27-31-12-5-7-16-36(31)48(40)55-49(38)39/h1-13,15-29,33H,14,51H2/b52-47?,53-50-. The molecule has 1 atom stereocenters. The zero-order valence-corrected chi connectivity index (χ0v) is 30.6. The van der Waals surface area contributed by atoms with Crippen LogP contribution in [0, 0.1) is 5.92 Å². The molecule has 8 aromatic carbocycles. The number of hydrogen-bond acceptors (Lipinski definition) is 4. The Morgan fingerprint density at radius 2 is 1.25 bits per heavy atom. The van der Waals surface area contributed by atoms with E-state index in [-0.39, 0.29) is 5.92 Å². The number of fused-ring (bicyclic) bond motifs is 11. The Balaban J connectivity index is 1.13. The summed E-state index contributed by atoms with van der Waals surface area (Å²) in [6, 6.07) is 51.8. The van der Waals surface area contributed by atoms with E-state index >= 15 is 0 Å². The maximum absolute atomic E-state index is 6.61. The van der Waals surface area contributed by atoms with Gasteiger partial charge < -0.3 is 10.3 Å². The number of thiophene rings is 1. The van der Waals surface area contributed by atoms with E-state index in [1.165, 1.54) is 58.1 Å². The predicted octanol–water partition coefficient (Wildman–Crippen LogP) is 13.3. The lowest BCUT2D eigenvalue weighted by Crippen LogP contribution is -2.18. The van der Waals surface area contributed by atoms with E-state index in [4.69, 9.17) is 15.3 Å². The Bertz CT molecular complexity index is 3320. The smallest absolute Gasteiger partial charge is 0.179 e. The van der Waals surface area contributed by atoms with Crippen LogP contribution in [0.3, 0.4) is 0 Å². The summed E-state index contributed by atoms with van der Waals surface area (Å²) < 4.78 is 9.17. The summed E-state index contributed by atoms with van der Waals surface area (Å²) in [5, 5.41) is 16.3. The van der Waals surface area contributed by atoms with E-state index in [0.29, 0.717) is 5.84 Å². The second-order valence-electron chi connectivity index (χ2n) is 14.2. The molecule has 11 rings (SSSR count). The number of amidine groups is 1. The summed E-state index contributed by atoms with van der Waals surface area (Å²) in [5.74, 6) is 6.87. The number of furan rings is 1. The number of nitrogens with two attached hydrogens (primary N) is 1. The van der Waals surface area contributed by atoms with Crippen molar-refractivity contribution in [2.45, 2.75) is 6.42 Å². The van der Waals surface area contributed by atoms with Gasteiger partial charge in [0.15, 0.2) is 5.84 Å². The first-order valence-electron chi connectivity index (χ1n) is 18.6. The lowest BCUT2D eigenvalue weighted by Gasteiger charge is -2.18. The third kappa shape index (κ3) is 5.04. The fourth-order valence-corrected chi connectivity index (χ4v) is 9.96. The van der Waals surface area contributed by atoms with Crippen molar-refractivity contribution in [1.82, 2.24) is 0 Å². The summed E-state index contributed by atoms with van der Waals surface area (Å²) in [6.07, 6.45) is 9.45. The summed E-state index contributed by atoms with van der Waals surface area (Å²) in [6.45, 7) is 0. The molecule has 10 aromatic rings. The molecule has 1 unspecified atom stereocenters. The minimum absolute atomic E-state index is 0.0479. The molecule has 5 heteroatoms. The molecule has 2 aromatic heterocycles. The van der Waals surface area contributed by atoms with Crippen molar-refractivity contribution in [1.29, 1.82) is 0 Å². The molecular weight excluding hydrogens is 691 g/mol. The average molecular weight is 724 g/mol. The van der Waals surface area contributed by atoms with E-state index in [9.17, 15) is 0 Å². The number of allylic oxidation sites excluding steroid dienone is 4. The second kappa shape index (κ2) is 12.7. The fraction of sp³-hybridized carbons (Fsp3) is 0.0400. The molecular formula is C50H33N3OS. The van der Waals surface area contributed by atoms with Gasteiger partial charge in [-0.2, -0.15) is 5.10 Å². The van der Waals surface area contributed by atoms with E-state index in [1.54, 1.807) is 0 Å². The summed E-state index contributed by atoms with van der Waals surface area (Å²) in [7, 11) is 0. The molecule has 0 amide bonds. The number of benzene rings is 8. The Labute approximate surface area is 320 Å². The molecule has 0 bridgehead atoms. The van der Waals surface area contributed by atoms with Gasteiger partial charge in [0.25, 0.3) is 0 Å². The third-order valence-electron chi connectivity index (χ3n) is 11.2. The van der Waals surface area contributed by atoms with Gasteiger partial charge >= 0.3 is 0 Å². The first kappa shape index (κ1) is 31.7. The Morgan fingerprint density at radius 1 is 0.582 bits per heavy atom. The van der Waals surface area contributed by atoms with Gasteiger partial charge in [-0.1, -0.05) is 152 Å². The lowest BCUT2D eigenvalue weighted by molar-refractivity contribution is 0.669. The highest BCUT2D eigenvalue weighted by atomic mass is 32.1. The number of rotatable bonds is 4. The number of hydrogen-bond donors (Lipinski definition) is 1. The molecule has 4 nitrogen and oxygen atoms in total. The Morgan fingerprint density at radius 3 is 2.09 bits per heavy atom. The largest absolute Gasteiger partial charge is 0.456 e. The van der Waals surface area contributed by atoms with Crippen LogP contribution in [0.4, 0.5) is 0 Å². The van der Waals surface area contributed by atoms with Crippen LogP contribution in [0.1, 0.15) is 17.5 Å². The zero-order chi connectivity index (χ0) is 36.5. The first-order chi connectivity index (χ1) is 27.2. The van der Waals surface area contributed by atoms with E-state index in [2.05, 4.69) is 157 Å². The minimum atomic E-state index is 0.0479. The van der Waals surface area contributed by atoms with E-state index in [0.717, 1.165) is 50.8 Å². The highest BCUT2D eigenvalue weighted by Gasteiger charge is 2.23. The fourth-order valence-electron chi connectivity index (χ4n) is 8.59. The molecule has 2 heterocycles. The van der Waals surface area contributed by atoms with E-state index in [1.807, 2.05) is 29.5 Å². The number of nitrogens with zero attached hydrogens (tertiary/aromatic N) is 2. The van der Waals surface area contributed by atoms with Gasteiger partial charge in [-0.05, 0) is 68.1 Å². The Hall–Kier alpha value is -6.82. The molecule has 2 N–H and O–H groups in total. The van der Waals surface area contributed by atoms with Gasteiger partial charge in [0.2, 0.25) is 0 Å². The van der Waals surface area contributed by atoms with Crippen molar-refractivity contribution in [2.75, 3.05) is 0 Å². The maximum atomic E-state index is 6.61. The van der Waals surface area contributed by atoms with Crippen LogP contribution in [-0.4, -0.2) is 11.5 Å². The normalized spacial score (nSPS) is 15.2. The van der Waals surface area contributed by atoms with Gasteiger partial charge in [-0.15, -0.1) is 11.3 Å². The van der Waals surface area contributed by atoms with Crippen molar-refractivity contribution in [3.8, 4) is 11.1 Å². The monoisotopic (exact) mass is 723 g/mol. The zero-order valence-electron chi connectivity index (χ0n) is 29.7. The van der Waals surface area contributed by atoms with Crippen molar-refractivity contribution < 1.29 is 4.42 Å². The quantitative estimate of drug-likeness (QED) is 0.0646. The molecule has 0 fully saturated rings. The maximum Gasteiger partial charge on any atom is 0.179 e. The summed E-state index contributed by atoms with van der Waals surface area (Å²) in [5.41, 5.74) is 6.66. The van der Waals surface area contributed by atoms with Crippen LogP contribution in [0.5, 0.6) is 0 Å². The van der Waals surface area contributed by atoms with Gasteiger partial charge in [0, 0.05) is 48.0 Å². The Kier molecular flexibility index (Phi) is 7.29. The van der Waals surface area contributed by atoms with Crippen molar-refractivity contribution >= 4 is 97.3 Å².